The summed E-state index contributed by atoms with van der Waals surface area (Å²) in [5, 5.41) is 14.0. The Morgan fingerprint density at radius 3 is 2.48 bits per heavy atom. The molecule has 2 fully saturated rings. The number of methoxy groups -OCH3 is 1. The van der Waals surface area contributed by atoms with Crippen LogP contribution in [0.4, 0.5) is 0 Å². The first-order valence-electron chi connectivity index (χ1n) is 9.69. The summed E-state index contributed by atoms with van der Waals surface area (Å²) in [6, 6.07) is 16.8. The maximum atomic E-state index is 12.8. The van der Waals surface area contributed by atoms with Crippen molar-refractivity contribution >= 4 is 5.97 Å². The van der Waals surface area contributed by atoms with Crippen LogP contribution in [0.15, 0.2) is 48.5 Å². The fourth-order valence-corrected chi connectivity index (χ4v) is 6.63. The summed E-state index contributed by atoms with van der Waals surface area (Å²) < 4.78 is 5.36. The van der Waals surface area contributed by atoms with Crippen molar-refractivity contribution in [2.24, 2.45) is 11.3 Å². The predicted molar refractivity (Wildman–Crippen MR) is 103 cm³/mol. The Hall–Kier alpha value is -2.33. The summed E-state index contributed by atoms with van der Waals surface area (Å²) in [5.41, 5.74) is 2.33. The minimum Gasteiger partial charge on any atom is -0.497 e. The Bertz CT molecular complexity index is 923. The van der Waals surface area contributed by atoms with Gasteiger partial charge in [-0.1, -0.05) is 43.3 Å². The number of benzene rings is 2. The standard InChI is InChI=1S/C23H25NO3/c1-21-11-12-22(18-6-4-3-5-17(18)21,15-7-9-16(27-2)10-8-15)19-13-24-14-23(19,21)20(25)26/h3-10,19,24H,11-14H2,1-2H3,(H,25,26). The van der Waals surface area contributed by atoms with Gasteiger partial charge in [-0.15, -0.1) is 0 Å². The third-order valence-corrected chi connectivity index (χ3v) is 7.93. The molecule has 4 heteroatoms. The van der Waals surface area contributed by atoms with Gasteiger partial charge in [-0.25, -0.2) is 0 Å². The van der Waals surface area contributed by atoms with Gasteiger partial charge in [-0.3, -0.25) is 4.79 Å². The number of carboxylic acid groups (broad SMARTS) is 1. The lowest BCUT2D eigenvalue weighted by molar-refractivity contribution is -0.163. The van der Waals surface area contributed by atoms with Gasteiger partial charge in [0.1, 0.15) is 5.75 Å². The van der Waals surface area contributed by atoms with E-state index in [1.807, 2.05) is 12.1 Å². The largest absolute Gasteiger partial charge is 0.497 e. The van der Waals surface area contributed by atoms with Crippen molar-refractivity contribution in [3.05, 3.63) is 65.2 Å². The lowest BCUT2D eigenvalue weighted by Gasteiger charge is -2.64. The van der Waals surface area contributed by atoms with Crippen LogP contribution >= 0.6 is 0 Å². The van der Waals surface area contributed by atoms with Crippen LogP contribution in [0.3, 0.4) is 0 Å². The van der Waals surface area contributed by atoms with Crippen molar-refractivity contribution < 1.29 is 14.6 Å². The second-order valence-electron chi connectivity index (χ2n) is 8.54. The number of nitrogens with one attached hydrogen (secondary N) is 1. The van der Waals surface area contributed by atoms with Crippen molar-refractivity contribution in [1.29, 1.82) is 0 Å². The van der Waals surface area contributed by atoms with E-state index in [0.717, 1.165) is 25.1 Å². The van der Waals surface area contributed by atoms with E-state index in [1.165, 1.54) is 16.7 Å². The molecular formula is C23H25NO3. The number of hydrogen-bond acceptors (Lipinski definition) is 3. The van der Waals surface area contributed by atoms with Crippen molar-refractivity contribution in [2.75, 3.05) is 20.2 Å². The molecule has 0 spiro atoms. The first kappa shape index (κ1) is 16.8. The SMILES string of the molecule is COc1ccc(C23CCC(C)(c4ccccc42)C2(C(=O)O)CNCC32)cc1. The number of fused-ring (bicyclic) bond motifs is 1. The van der Waals surface area contributed by atoms with E-state index in [0.29, 0.717) is 6.54 Å². The van der Waals surface area contributed by atoms with Crippen LogP contribution in [-0.2, 0) is 15.6 Å². The predicted octanol–water partition coefficient (Wildman–Crippen LogP) is 3.34. The number of carbonyl (C=O) groups is 1. The monoisotopic (exact) mass is 363 g/mol. The molecule has 2 aromatic rings. The fourth-order valence-electron chi connectivity index (χ4n) is 6.63. The molecule has 1 heterocycles. The van der Waals surface area contributed by atoms with Crippen LogP contribution in [0, 0.1) is 11.3 Å². The molecule has 0 radical (unpaired) electrons. The van der Waals surface area contributed by atoms with Crippen LogP contribution in [0.25, 0.3) is 0 Å². The van der Waals surface area contributed by atoms with Crippen LogP contribution in [0.2, 0.25) is 0 Å². The third kappa shape index (κ3) is 1.75. The lowest BCUT2D eigenvalue weighted by atomic mass is 9.37. The Balaban J connectivity index is 1.84. The van der Waals surface area contributed by atoms with Crippen LogP contribution in [0.5, 0.6) is 5.75 Å². The number of rotatable bonds is 3. The maximum absolute atomic E-state index is 12.8. The number of aliphatic carboxylic acids is 1. The van der Waals surface area contributed by atoms with Gasteiger partial charge >= 0.3 is 5.97 Å². The van der Waals surface area contributed by atoms with E-state index in [-0.39, 0.29) is 16.7 Å². The summed E-state index contributed by atoms with van der Waals surface area (Å²) in [4.78, 5) is 12.8. The van der Waals surface area contributed by atoms with Gasteiger partial charge in [0, 0.05) is 29.8 Å². The number of carboxylic acids is 1. The minimum absolute atomic E-state index is 0.0320. The molecule has 1 saturated heterocycles. The topological polar surface area (TPSA) is 58.6 Å². The zero-order valence-corrected chi connectivity index (χ0v) is 15.8. The Morgan fingerprint density at radius 2 is 1.81 bits per heavy atom. The van der Waals surface area contributed by atoms with Crippen LogP contribution in [0.1, 0.15) is 36.5 Å². The van der Waals surface area contributed by atoms with Gasteiger partial charge in [0.2, 0.25) is 0 Å². The molecule has 6 rings (SSSR count). The van der Waals surface area contributed by atoms with Crippen LogP contribution in [-0.4, -0.2) is 31.3 Å². The molecule has 140 valence electrons. The molecule has 4 atom stereocenters. The van der Waals surface area contributed by atoms with E-state index < -0.39 is 11.4 Å². The van der Waals surface area contributed by atoms with E-state index in [1.54, 1.807) is 7.11 Å². The van der Waals surface area contributed by atoms with Gasteiger partial charge < -0.3 is 15.2 Å². The second-order valence-corrected chi connectivity index (χ2v) is 8.54. The van der Waals surface area contributed by atoms with Gasteiger partial charge in [-0.05, 0) is 41.7 Å². The second kappa shape index (κ2) is 5.35. The fraction of sp³-hybridized carbons (Fsp3) is 0.435. The van der Waals surface area contributed by atoms with Gasteiger partial charge in [-0.2, -0.15) is 0 Å². The Labute approximate surface area is 159 Å². The van der Waals surface area contributed by atoms with Crippen molar-refractivity contribution in [3.63, 3.8) is 0 Å². The average Bonchev–Trinajstić information content (AvgIpc) is 3.18. The molecular weight excluding hydrogens is 338 g/mol. The molecule has 2 N–H and O–H groups in total. The molecule has 4 aliphatic rings. The normalized spacial score (nSPS) is 36.1. The molecule has 2 aromatic carbocycles. The Morgan fingerprint density at radius 1 is 1.11 bits per heavy atom. The number of hydrogen-bond donors (Lipinski definition) is 2. The molecule has 4 unspecified atom stereocenters. The smallest absolute Gasteiger partial charge is 0.312 e. The van der Waals surface area contributed by atoms with Gasteiger partial charge in [0.15, 0.2) is 0 Å². The average molecular weight is 363 g/mol. The Kier molecular flexibility index (Phi) is 3.33. The summed E-state index contributed by atoms with van der Waals surface area (Å²) in [6.07, 6.45) is 1.87. The van der Waals surface area contributed by atoms with E-state index >= 15 is 0 Å². The highest BCUT2D eigenvalue weighted by Gasteiger charge is 2.73. The van der Waals surface area contributed by atoms with E-state index in [9.17, 15) is 9.90 Å². The third-order valence-electron chi connectivity index (χ3n) is 7.93. The van der Waals surface area contributed by atoms with E-state index in [4.69, 9.17) is 4.74 Å². The first-order chi connectivity index (χ1) is 13.0. The number of ether oxygens (including phenoxy) is 1. The molecule has 0 aromatic heterocycles. The summed E-state index contributed by atoms with van der Waals surface area (Å²) in [6.45, 7) is 3.45. The summed E-state index contributed by atoms with van der Waals surface area (Å²) in [7, 11) is 1.67. The summed E-state index contributed by atoms with van der Waals surface area (Å²) in [5.74, 6) is 0.200. The lowest BCUT2D eigenvalue weighted by Crippen LogP contribution is -2.67. The van der Waals surface area contributed by atoms with Crippen molar-refractivity contribution in [3.8, 4) is 5.75 Å². The quantitative estimate of drug-likeness (QED) is 0.878. The van der Waals surface area contributed by atoms with Crippen LogP contribution < -0.4 is 10.1 Å². The molecule has 1 saturated carbocycles. The van der Waals surface area contributed by atoms with Crippen molar-refractivity contribution in [1.82, 2.24) is 5.32 Å². The summed E-state index contributed by atoms with van der Waals surface area (Å²) >= 11 is 0. The minimum atomic E-state index is -0.778. The van der Waals surface area contributed by atoms with Gasteiger partial charge in [0.05, 0.1) is 12.5 Å². The molecule has 3 aliphatic carbocycles. The highest BCUT2D eigenvalue weighted by atomic mass is 16.5. The van der Waals surface area contributed by atoms with Crippen molar-refractivity contribution in [2.45, 2.75) is 30.6 Å². The molecule has 0 amide bonds. The molecule has 4 nitrogen and oxygen atoms in total. The highest BCUT2D eigenvalue weighted by molar-refractivity contribution is 5.82. The van der Waals surface area contributed by atoms with E-state index in [2.05, 4.69) is 48.6 Å². The van der Waals surface area contributed by atoms with Gasteiger partial charge in [0.25, 0.3) is 0 Å². The first-order valence-corrected chi connectivity index (χ1v) is 9.69. The highest BCUT2D eigenvalue weighted by Crippen LogP contribution is 2.70. The maximum Gasteiger partial charge on any atom is 0.312 e. The zero-order valence-electron chi connectivity index (χ0n) is 15.8. The molecule has 2 bridgehead atoms. The molecule has 27 heavy (non-hydrogen) atoms. The zero-order chi connectivity index (χ0) is 18.9. The molecule has 1 aliphatic heterocycles.